The van der Waals surface area contributed by atoms with Gasteiger partial charge in [-0.2, -0.15) is 0 Å². The molecule has 0 amide bonds. The van der Waals surface area contributed by atoms with Crippen molar-refractivity contribution >= 4 is 29.2 Å². The summed E-state index contributed by atoms with van der Waals surface area (Å²) in [6, 6.07) is 5.19. The lowest BCUT2D eigenvalue weighted by molar-refractivity contribution is -0.144. The molecule has 1 rings (SSSR count). The van der Waals surface area contributed by atoms with E-state index in [0.29, 0.717) is 22.0 Å². The van der Waals surface area contributed by atoms with Crippen molar-refractivity contribution in [3.63, 3.8) is 0 Å². The normalized spacial score (nSPS) is 10.1. The molecule has 0 spiro atoms. The van der Waals surface area contributed by atoms with E-state index in [1.807, 2.05) is 6.92 Å². The summed E-state index contributed by atoms with van der Waals surface area (Å²) in [4.78, 5) is 11.1. The Morgan fingerprint density at radius 3 is 2.47 bits per heavy atom. The Bertz CT molecular complexity index is 330. The second kappa shape index (κ2) is 5.99. The van der Waals surface area contributed by atoms with E-state index >= 15 is 0 Å². The molecular weight excluding hydrogens is 235 g/mol. The first kappa shape index (κ1) is 12.3. The molecule has 0 aromatic heterocycles. The van der Waals surface area contributed by atoms with Gasteiger partial charge in [-0.1, -0.05) is 36.2 Å². The van der Waals surface area contributed by atoms with Crippen molar-refractivity contribution in [2.75, 3.05) is 0 Å². The number of hydrogen-bond acceptors (Lipinski definition) is 2. The topological polar surface area (TPSA) is 26.3 Å². The Labute approximate surface area is 99.1 Å². The Morgan fingerprint density at radius 1 is 1.33 bits per heavy atom. The summed E-state index contributed by atoms with van der Waals surface area (Å²) in [6.07, 6.45) is 1.19. The van der Waals surface area contributed by atoms with E-state index in [9.17, 15) is 4.79 Å². The van der Waals surface area contributed by atoms with E-state index in [1.165, 1.54) is 0 Å². The Morgan fingerprint density at radius 2 is 1.93 bits per heavy atom. The molecule has 0 unspecified atom stereocenters. The first-order valence-electron chi connectivity index (χ1n) is 4.73. The summed E-state index contributed by atoms with van der Waals surface area (Å²) in [5.74, 6) is -0.228. The Balaban J connectivity index is 2.61. The average Bonchev–Trinajstić information content (AvgIpc) is 2.17. The largest absolute Gasteiger partial charge is 0.461 e. The zero-order valence-electron chi connectivity index (χ0n) is 8.43. The van der Waals surface area contributed by atoms with Crippen LogP contribution in [0.1, 0.15) is 25.3 Å². The summed E-state index contributed by atoms with van der Waals surface area (Å²) in [6.45, 7) is 2.06. The van der Waals surface area contributed by atoms with Gasteiger partial charge in [-0.05, 0) is 18.6 Å². The first-order chi connectivity index (χ1) is 7.15. The van der Waals surface area contributed by atoms with Gasteiger partial charge in [0.25, 0.3) is 0 Å². The molecule has 0 radical (unpaired) electrons. The van der Waals surface area contributed by atoms with Crippen LogP contribution in [0.15, 0.2) is 18.2 Å². The minimum absolute atomic E-state index is 0.136. The minimum atomic E-state index is -0.228. The second-order valence-corrected chi connectivity index (χ2v) is 3.93. The fraction of sp³-hybridized carbons (Fsp3) is 0.364. The first-order valence-corrected chi connectivity index (χ1v) is 5.49. The molecule has 0 N–H and O–H groups in total. The maximum absolute atomic E-state index is 11.1. The maximum Gasteiger partial charge on any atom is 0.306 e. The summed E-state index contributed by atoms with van der Waals surface area (Å²) in [5, 5.41) is 1.04. The minimum Gasteiger partial charge on any atom is -0.461 e. The van der Waals surface area contributed by atoms with Crippen LogP contribution >= 0.6 is 23.2 Å². The standard InChI is InChI=1S/C11H12Cl2O2/c1-2-4-11(14)15-7-8-9(12)5-3-6-10(8)13/h3,5-6H,2,4,7H2,1H3. The summed E-state index contributed by atoms with van der Waals surface area (Å²) >= 11 is 11.8. The number of carbonyl (C=O) groups is 1. The highest BCUT2D eigenvalue weighted by Crippen LogP contribution is 2.24. The van der Waals surface area contributed by atoms with Crippen LogP contribution in [0.3, 0.4) is 0 Å². The molecule has 82 valence electrons. The average molecular weight is 247 g/mol. The van der Waals surface area contributed by atoms with E-state index in [-0.39, 0.29) is 12.6 Å². The van der Waals surface area contributed by atoms with Crippen molar-refractivity contribution < 1.29 is 9.53 Å². The predicted molar refractivity (Wildman–Crippen MR) is 61.2 cm³/mol. The number of rotatable bonds is 4. The molecule has 1 aromatic carbocycles. The van der Waals surface area contributed by atoms with Gasteiger partial charge < -0.3 is 4.74 Å². The van der Waals surface area contributed by atoms with Crippen LogP contribution in [0, 0.1) is 0 Å². The van der Waals surface area contributed by atoms with E-state index in [4.69, 9.17) is 27.9 Å². The van der Waals surface area contributed by atoms with Gasteiger partial charge in [0.2, 0.25) is 0 Å². The van der Waals surface area contributed by atoms with Gasteiger partial charge in [0, 0.05) is 22.0 Å². The summed E-state index contributed by atoms with van der Waals surface area (Å²) < 4.78 is 5.02. The van der Waals surface area contributed by atoms with Gasteiger partial charge in [0.05, 0.1) is 0 Å². The van der Waals surface area contributed by atoms with Gasteiger partial charge in [-0.3, -0.25) is 4.79 Å². The van der Waals surface area contributed by atoms with Crippen LogP contribution in [0.25, 0.3) is 0 Å². The molecule has 0 heterocycles. The SMILES string of the molecule is CCCC(=O)OCc1c(Cl)cccc1Cl. The van der Waals surface area contributed by atoms with Crippen LogP contribution in [0.2, 0.25) is 10.0 Å². The molecule has 2 nitrogen and oxygen atoms in total. The Kier molecular flexibility index (Phi) is 4.92. The summed E-state index contributed by atoms with van der Waals surface area (Å²) in [7, 11) is 0. The van der Waals surface area contributed by atoms with Crippen molar-refractivity contribution in [3.8, 4) is 0 Å². The maximum atomic E-state index is 11.1. The molecule has 0 aliphatic rings. The predicted octanol–water partition coefficient (Wildman–Crippen LogP) is 3.84. The van der Waals surface area contributed by atoms with E-state index in [2.05, 4.69) is 0 Å². The van der Waals surface area contributed by atoms with Gasteiger partial charge in [0.15, 0.2) is 0 Å². The number of carbonyl (C=O) groups excluding carboxylic acids is 1. The number of ether oxygens (including phenoxy) is 1. The number of halogens is 2. The van der Waals surface area contributed by atoms with Crippen LogP contribution in [0.4, 0.5) is 0 Å². The van der Waals surface area contributed by atoms with Gasteiger partial charge in [-0.25, -0.2) is 0 Å². The lowest BCUT2D eigenvalue weighted by atomic mass is 10.2. The van der Waals surface area contributed by atoms with Crippen LogP contribution in [0.5, 0.6) is 0 Å². The summed E-state index contributed by atoms with van der Waals surface area (Å²) in [5.41, 5.74) is 0.658. The highest BCUT2D eigenvalue weighted by atomic mass is 35.5. The molecule has 0 aliphatic carbocycles. The fourth-order valence-electron chi connectivity index (χ4n) is 1.10. The molecule has 0 fully saturated rings. The third kappa shape index (κ3) is 3.73. The number of esters is 1. The van der Waals surface area contributed by atoms with Gasteiger partial charge in [0.1, 0.15) is 6.61 Å². The second-order valence-electron chi connectivity index (χ2n) is 3.11. The number of benzene rings is 1. The van der Waals surface area contributed by atoms with Crippen LogP contribution in [-0.2, 0) is 16.1 Å². The van der Waals surface area contributed by atoms with E-state index in [0.717, 1.165) is 6.42 Å². The molecule has 0 atom stereocenters. The molecule has 0 aliphatic heterocycles. The third-order valence-electron chi connectivity index (χ3n) is 1.89. The molecule has 4 heteroatoms. The smallest absolute Gasteiger partial charge is 0.306 e. The molecular formula is C11H12Cl2O2. The third-order valence-corrected chi connectivity index (χ3v) is 2.60. The molecule has 15 heavy (non-hydrogen) atoms. The Hall–Kier alpha value is -0.730. The van der Waals surface area contributed by atoms with Crippen molar-refractivity contribution in [2.45, 2.75) is 26.4 Å². The van der Waals surface area contributed by atoms with Crippen molar-refractivity contribution in [1.29, 1.82) is 0 Å². The molecule has 1 aromatic rings. The zero-order chi connectivity index (χ0) is 11.3. The van der Waals surface area contributed by atoms with Crippen molar-refractivity contribution in [1.82, 2.24) is 0 Å². The monoisotopic (exact) mass is 246 g/mol. The number of hydrogen-bond donors (Lipinski definition) is 0. The highest BCUT2D eigenvalue weighted by Gasteiger charge is 2.08. The van der Waals surface area contributed by atoms with Crippen molar-refractivity contribution in [2.24, 2.45) is 0 Å². The van der Waals surface area contributed by atoms with E-state index in [1.54, 1.807) is 18.2 Å². The van der Waals surface area contributed by atoms with Gasteiger partial charge >= 0.3 is 5.97 Å². The van der Waals surface area contributed by atoms with Gasteiger partial charge in [-0.15, -0.1) is 0 Å². The molecule has 0 saturated heterocycles. The highest BCUT2D eigenvalue weighted by molar-refractivity contribution is 6.35. The fourth-order valence-corrected chi connectivity index (χ4v) is 1.61. The van der Waals surface area contributed by atoms with Crippen LogP contribution < -0.4 is 0 Å². The lowest BCUT2D eigenvalue weighted by Crippen LogP contribution is -2.04. The van der Waals surface area contributed by atoms with E-state index < -0.39 is 0 Å². The van der Waals surface area contributed by atoms with Crippen LogP contribution in [-0.4, -0.2) is 5.97 Å². The lowest BCUT2D eigenvalue weighted by Gasteiger charge is -2.07. The van der Waals surface area contributed by atoms with Crippen molar-refractivity contribution in [3.05, 3.63) is 33.8 Å². The molecule has 0 saturated carbocycles. The quantitative estimate of drug-likeness (QED) is 0.755. The molecule has 0 bridgehead atoms. The zero-order valence-corrected chi connectivity index (χ0v) is 9.94.